The minimum Gasteiger partial charge on any atom is -0.435 e. The Morgan fingerprint density at radius 3 is 2.75 bits per heavy atom. The van der Waals surface area contributed by atoms with Crippen molar-refractivity contribution in [1.82, 2.24) is 4.98 Å². The minimum atomic E-state index is -3.01. The molecule has 0 aromatic carbocycles. The Balaban J connectivity index is 2.77. The molecule has 0 amide bonds. The maximum absolute atomic E-state index is 11.1. The first-order valence-corrected chi connectivity index (χ1v) is 5.95. The highest BCUT2D eigenvalue weighted by Crippen LogP contribution is 2.12. The summed E-state index contributed by atoms with van der Waals surface area (Å²) in [5, 5.41) is 0. The number of hydrogen-bond donors (Lipinski definition) is 0. The van der Waals surface area contributed by atoms with E-state index in [1.165, 1.54) is 6.20 Å². The van der Waals surface area contributed by atoms with E-state index < -0.39 is 9.84 Å². The average Bonchev–Trinajstić information content (AvgIpc) is 2.35. The largest absolute Gasteiger partial charge is 0.435 e. The first kappa shape index (κ1) is 9.73. The van der Waals surface area contributed by atoms with Gasteiger partial charge in [0.1, 0.15) is 11.5 Å². The predicted octanol–water partition coefficient (Wildman–Crippen LogP) is 1.37. The third-order valence-electron chi connectivity index (χ3n) is 1.33. The van der Waals surface area contributed by atoms with E-state index in [0.29, 0.717) is 10.6 Å². The first-order chi connectivity index (χ1) is 5.53. The van der Waals surface area contributed by atoms with Crippen LogP contribution in [0.3, 0.4) is 0 Å². The summed E-state index contributed by atoms with van der Waals surface area (Å²) in [7, 11) is -3.01. The lowest BCUT2D eigenvalue weighted by atomic mass is 10.6. The van der Waals surface area contributed by atoms with Gasteiger partial charge in [-0.2, -0.15) is 0 Å². The molecule has 1 heterocycles. The van der Waals surface area contributed by atoms with Gasteiger partial charge in [-0.25, -0.2) is 13.4 Å². The topological polar surface area (TPSA) is 60.2 Å². The number of hydrogen-bond acceptors (Lipinski definition) is 4. The molecule has 0 fully saturated rings. The molecule has 0 N–H and O–H groups in total. The third-order valence-corrected chi connectivity index (χ3v) is 3.30. The zero-order valence-electron chi connectivity index (χ0n) is 6.45. The van der Waals surface area contributed by atoms with Crippen LogP contribution in [0.25, 0.3) is 0 Å². The van der Waals surface area contributed by atoms with Crippen molar-refractivity contribution in [2.75, 3.05) is 5.75 Å². The Bertz CT molecular complexity index is 357. The SMILES string of the molecule is CCS(=O)(=O)Cc1cnc(Br)o1. The van der Waals surface area contributed by atoms with Gasteiger partial charge in [-0.05, 0) is 0 Å². The van der Waals surface area contributed by atoms with Gasteiger partial charge >= 0.3 is 0 Å². The van der Waals surface area contributed by atoms with Crippen molar-refractivity contribution in [3.05, 3.63) is 16.8 Å². The van der Waals surface area contributed by atoms with Crippen LogP contribution in [-0.4, -0.2) is 19.2 Å². The summed E-state index contributed by atoms with van der Waals surface area (Å²) < 4.78 is 27.1. The summed E-state index contributed by atoms with van der Waals surface area (Å²) in [5.41, 5.74) is 0. The molecule has 0 atom stereocenters. The molecule has 0 unspecified atom stereocenters. The molecular weight excluding hydrogens is 246 g/mol. The van der Waals surface area contributed by atoms with Gasteiger partial charge < -0.3 is 4.42 Å². The Morgan fingerprint density at radius 2 is 2.33 bits per heavy atom. The second-order valence-corrected chi connectivity index (χ2v) is 5.29. The van der Waals surface area contributed by atoms with Crippen molar-refractivity contribution in [1.29, 1.82) is 0 Å². The zero-order chi connectivity index (χ0) is 9.19. The Labute approximate surface area is 79.0 Å². The van der Waals surface area contributed by atoms with E-state index >= 15 is 0 Å². The minimum absolute atomic E-state index is 0.0813. The summed E-state index contributed by atoms with van der Waals surface area (Å²) in [6.45, 7) is 1.60. The number of aromatic nitrogens is 1. The normalized spacial score (nSPS) is 11.8. The first-order valence-electron chi connectivity index (χ1n) is 3.34. The van der Waals surface area contributed by atoms with Gasteiger partial charge in [0.15, 0.2) is 9.84 Å². The quantitative estimate of drug-likeness (QED) is 0.817. The second kappa shape index (κ2) is 3.57. The van der Waals surface area contributed by atoms with E-state index in [9.17, 15) is 8.42 Å². The van der Waals surface area contributed by atoms with Gasteiger partial charge in [-0.15, -0.1) is 0 Å². The van der Waals surface area contributed by atoms with Crippen molar-refractivity contribution in [3.8, 4) is 0 Å². The van der Waals surface area contributed by atoms with Crippen molar-refractivity contribution >= 4 is 25.8 Å². The molecule has 0 aliphatic rings. The predicted molar refractivity (Wildman–Crippen MR) is 47.4 cm³/mol. The summed E-state index contributed by atoms with van der Waals surface area (Å²) in [6, 6.07) is 0. The van der Waals surface area contributed by atoms with Crippen LogP contribution in [0.4, 0.5) is 0 Å². The maximum atomic E-state index is 11.1. The summed E-state index contributed by atoms with van der Waals surface area (Å²) in [5.74, 6) is 0.400. The molecule has 0 aliphatic carbocycles. The molecule has 0 saturated heterocycles. The van der Waals surface area contributed by atoms with Gasteiger partial charge in [-0.3, -0.25) is 0 Å². The number of rotatable bonds is 3. The van der Waals surface area contributed by atoms with E-state index in [-0.39, 0.29) is 11.5 Å². The van der Waals surface area contributed by atoms with E-state index in [4.69, 9.17) is 4.42 Å². The van der Waals surface area contributed by atoms with E-state index in [2.05, 4.69) is 20.9 Å². The Morgan fingerprint density at radius 1 is 1.67 bits per heavy atom. The fourth-order valence-electron chi connectivity index (χ4n) is 0.669. The van der Waals surface area contributed by atoms with Crippen LogP contribution in [-0.2, 0) is 15.6 Å². The van der Waals surface area contributed by atoms with Gasteiger partial charge in [0, 0.05) is 21.7 Å². The van der Waals surface area contributed by atoms with Crippen molar-refractivity contribution in [3.63, 3.8) is 0 Å². The van der Waals surface area contributed by atoms with E-state index in [0.717, 1.165) is 0 Å². The lowest BCUT2D eigenvalue weighted by Crippen LogP contribution is -2.05. The van der Waals surface area contributed by atoms with Crippen LogP contribution in [0.15, 0.2) is 15.4 Å². The monoisotopic (exact) mass is 253 g/mol. The zero-order valence-corrected chi connectivity index (χ0v) is 8.85. The van der Waals surface area contributed by atoms with Crippen LogP contribution in [0.2, 0.25) is 0 Å². The number of halogens is 1. The van der Waals surface area contributed by atoms with Crippen LogP contribution >= 0.6 is 15.9 Å². The highest BCUT2D eigenvalue weighted by Gasteiger charge is 2.12. The van der Waals surface area contributed by atoms with Crippen LogP contribution in [0.1, 0.15) is 12.7 Å². The maximum Gasteiger partial charge on any atom is 0.264 e. The van der Waals surface area contributed by atoms with Crippen molar-refractivity contribution in [2.45, 2.75) is 12.7 Å². The van der Waals surface area contributed by atoms with Crippen molar-refractivity contribution in [2.24, 2.45) is 0 Å². The molecular formula is C6H8BrNO3S. The number of nitrogens with zero attached hydrogens (tertiary/aromatic N) is 1. The summed E-state index contributed by atoms with van der Waals surface area (Å²) in [4.78, 5) is 4.03. The highest BCUT2D eigenvalue weighted by atomic mass is 79.9. The van der Waals surface area contributed by atoms with Gasteiger partial charge in [0.25, 0.3) is 4.80 Å². The molecule has 0 radical (unpaired) electrons. The summed E-state index contributed by atoms with van der Waals surface area (Å²) >= 11 is 2.99. The molecule has 6 heteroatoms. The van der Waals surface area contributed by atoms with Crippen molar-refractivity contribution < 1.29 is 12.8 Å². The van der Waals surface area contributed by atoms with Gasteiger partial charge in [0.2, 0.25) is 0 Å². The molecule has 0 aliphatic heterocycles. The van der Waals surface area contributed by atoms with Crippen LogP contribution in [0, 0.1) is 0 Å². The third kappa shape index (κ3) is 2.60. The fraction of sp³-hybridized carbons (Fsp3) is 0.500. The standard InChI is InChI=1S/C6H8BrNO3S/c1-2-12(9,10)4-5-3-8-6(7)11-5/h3H,2,4H2,1H3. The molecule has 68 valence electrons. The van der Waals surface area contributed by atoms with Crippen LogP contribution < -0.4 is 0 Å². The van der Waals surface area contributed by atoms with Crippen LogP contribution in [0.5, 0.6) is 0 Å². The Kier molecular flexibility index (Phi) is 2.89. The smallest absolute Gasteiger partial charge is 0.264 e. The highest BCUT2D eigenvalue weighted by molar-refractivity contribution is 9.10. The second-order valence-electron chi connectivity index (χ2n) is 2.26. The molecule has 1 aromatic heterocycles. The number of sulfone groups is 1. The Hall–Kier alpha value is -0.360. The molecule has 0 saturated carbocycles. The summed E-state index contributed by atoms with van der Waals surface area (Å²) in [6.07, 6.45) is 1.40. The van der Waals surface area contributed by atoms with Gasteiger partial charge in [-0.1, -0.05) is 6.92 Å². The molecule has 1 rings (SSSR count). The molecule has 0 bridgehead atoms. The fourth-order valence-corrected chi connectivity index (χ4v) is 1.75. The molecule has 0 spiro atoms. The lowest BCUT2D eigenvalue weighted by molar-refractivity contribution is 0.491. The van der Waals surface area contributed by atoms with E-state index in [1.54, 1.807) is 6.92 Å². The molecule has 4 nitrogen and oxygen atoms in total. The molecule has 12 heavy (non-hydrogen) atoms. The van der Waals surface area contributed by atoms with Gasteiger partial charge in [0.05, 0.1) is 6.20 Å². The van der Waals surface area contributed by atoms with E-state index in [1.807, 2.05) is 0 Å². The number of oxazole rings is 1. The lowest BCUT2D eigenvalue weighted by Gasteiger charge is -1.94. The molecule has 1 aromatic rings. The average molecular weight is 254 g/mol.